The third-order valence-corrected chi connectivity index (χ3v) is 3.01. The average Bonchev–Trinajstić information content (AvgIpc) is 2.87. The summed E-state index contributed by atoms with van der Waals surface area (Å²) in [4.78, 5) is 4.25. The van der Waals surface area contributed by atoms with Gasteiger partial charge in [-0.25, -0.2) is 0 Å². The van der Waals surface area contributed by atoms with Crippen molar-refractivity contribution in [1.82, 2.24) is 10.1 Å². The summed E-state index contributed by atoms with van der Waals surface area (Å²) in [6.07, 6.45) is 9.85. The van der Waals surface area contributed by atoms with Gasteiger partial charge in [0.25, 0.3) is 5.89 Å². The van der Waals surface area contributed by atoms with Crippen LogP contribution in [0.5, 0.6) is 0 Å². The Kier molecular flexibility index (Phi) is 2.81. The van der Waals surface area contributed by atoms with Gasteiger partial charge in [-0.15, -0.1) is 0 Å². The van der Waals surface area contributed by atoms with Gasteiger partial charge in [0.05, 0.1) is 0 Å². The highest BCUT2D eigenvalue weighted by Crippen LogP contribution is 2.26. The number of nitrogens with zero attached hydrogens (tertiary/aromatic N) is 2. The molecule has 0 radical (unpaired) electrons. The van der Waals surface area contributed by atoms with Crippen molar-refractivity contribution in [1.29, 1.82) is 0 Å². The lowest BCUT2D eigenvalue weighted by molar-refractivity contribution is 0.425. The first kappa shape index (κ1) is 11.0. The summed E-state index contributed by atoms with van der Waals surface area (Å²) in [5, 5.41) is 3.82. The van der Waals surface area contributed by atoms with E-state index in [2.05, 4.69) is 46.6 Å². The van der Waals surface area contributed by atoms with Crippen LogP contribution < -0.4 is 0 Å². The fourth-order valence-electron chi connectivity index (χ4n) is 2.11. The summed E-state index contributed by atoms with van der Waals surface area (Å²) in [7, 11) is 0. The molecule has 0 aliphatic heterocycles. The van der Waals surface area contributed by atoms with Crippen LogP contribution in [-0.2, 0) is 0 Å². The van der Waals surface area contributed by atoms with Crippen LogP contribution in [-0.4, -0.2) is 10.1 Å². The third kappa shape index (κ3) is 2.12. The fourth-order valence-corrected chi connectivity index (χ4v) is 2.11. The standard InChI is InChI=1S/C15H14N2O/c1-11-16-15(18-17-11)14-9-5-8-13(10-14)12-6-3-2-4-7-12/h3-10,12H,2H2,1H3. The molecule has 1 heterocycles. The molecule has 3 rings (SSSR count). The van der Waals surface area contributed by atoms with Crippen LogP contribution >= 0.6 is 0 Å². The minimum Gasteiger partial charge on any atom is -0.334 e. The molecule has 0 spiro atoms. The van der Waals surface area contributed by atoms with Crippen molar-refractivity contribution in [3.05, 3.63) is 60.0 Å². The van der Waals surface area contributed by atoms with E-state index in [-0.39, 0.29) is 0 Å². The zero-order valence-electron chi connectivity index (χ0n) is 10.2. The number of rotatable bonds is 2. The van der Waals surface area contributed by atoms with Gasteiger partial charge in [0, 0.05) is 11.5 Å². The molecule has 1 aliphatic carbocycles. The molecule has 2 aromatic rings. The second-order valence-corrected chi connectivity index (χ2v) is 4.39. The maximum absolute atomic E-state index is 5.20. The van der Waals surface area contributed by atoms with E-state index in [0.717, 1.165) is 12.0 Å². The molecule has 3 heteroatoms. The van der Waals surface area contributed by atoms with Gasteiger partial charge < -0.3 is 4.52 Å². The summed E-state index contributed by atoms with van der Waals surface area (Å²) < 4.78 is 5.20. The number of hydrogen-bond acceptors (Lipinski definition) is 3. The Morgan fingerprint density at radius 3 is 2.78 bits per heavy atom. The van der Waals surface area contributed by atoms with Crippen LogP contribution in [0.25, 0.3) is 11.5 Å². The van der Waals surface area contributed by atoms with E-state index in [1.165, 1.54) is 5.56 Å². The van der Waals surface area contributed by atoms with E-state index in [4.69, 9.17) is 4.52 Å². The Hall–Kier alpha value is -2.16. The van der Waals surface area contributed by atoms with Crippen molar-refractivity contribution in [3.63, 3.8) is 0 Å². The van der Waals surface area contributed by atoms with Crippen LogP contribution in [0.1, 0.15) is 23.7 Å². The fraction of sp³-hybridized carbons (Fsp3) is 0.200. The van der Waals surface area contributed by atoms with Gasteiger partial charge in [-0.3, -0.25) is 0 Å². The molecule has 1 aliphatic rings. The van der Waals surface area contributed by atoms with Crippen LogP contribution in [0.4, 0.5) is 0 Å². The van der Waals surface area contributed by atoms with Crippen LogP contribution in [0.2, 0.25) is 0 Å². The minimum absolute atomic E-state index is 0.350. The molecule has 0 bridgehead atoms. The van der Waals surface area contributed by atoms with E-state index >= 15 is 0 Å². The summed E-state index contributed by atoms with van der Waals surface area (Å²) in [5.74, 6) is 1.59. The second kappa shape index (κ2) is 4.61. The summed E-state index contributed by atoms with van der Waals surface area (Å²) >= 11 is 0. The topological polar surface area (TPSA) is 38.9 Å². The predicted octanol–water partition coefficient (Wildman–Crippen LogP) is 3.64. The highest BCUT2D eigenvalue weighted by molar-refractivity contribution is 5.55. The van der Waals surface area contributed by atoms with Crippen molar-refractivity contribution in [3.8, 4) is 11.5 Å². The molecule has 0 fully saturated rings. The number of aryl methyl sites for hydroxylation is 1. The van der Waals surface area contributed by atoms with Crippen molar-refractivity contribution < 1.29 is 4.52 Å². The van der Waals surface area contributed by atoms with E-state index in [0.29, 0.717) is 17.6 Å². The molecule has 0 N–H and O–H groups in total. The average molecular weight is 238 g/mol. The lowest BCUT2D eigenvalue weighted by Crippen LogP contribution is -1.94. The molecule has 0 amide bonds. The zero-order chi connectivity index (χ0) is 12.4. The van der Waals surface area contributed by atoms with Crippen molar-refractivity contribution >= 4 is 0 Å². The maximum atomic E-state index is 5.20. The van der Waals surface area contributed by atoms with Gasteiger partial charge in [0.1, 0.15) is 0 Å². The summed E-state index contributed by atoms with van der Waals surface area (Å²) in [5.41, 5.74) is 2.22. The first-order valence-electron chi connectivity index (χ1n) is 6.07. The molecule has 0 unspecified atom stereocenters. The van der Waals surface area contributed by atoms with Crippen LogP contribution in [0, 0.1) is 6.92 Å². The molecule has 0 saturated carbocycles. The van der Waals surface area contributed by atoms with Gasteiger partial charge in [0.2, 0.25) is 0 Å². The number of aromatic nitrogens is 2. The van der Waals surface area contributed by atoms with Crippen molar-refractivity contribution in [2.45, 2.75) is 19.3 Å². The zero-order valence-corrected chi connectivity index (χ0v) is 10.2. The van der Waals surface area contributed by atoms with Gasteiger partial charge >= 0.3 is 0 Å². The minimum atomic E-state index is 0.350. The molecule has 1 aromatic heterocycles. The second-order valence-electron chi connectivity index (χ2n) is 4.39. The van der Waals surface area contributed by atoms with Crippen LogP contribution in [0.3, 0.4) is 0 Å². The van der Waals surface area contributed by atoms with Crippen molar-refractivity contribution in [2.75, 3.05) is 0 Å². The van der Waals surface area contributed by atoms with Gasteiger partial charge in [-0.2, -0.15) is 4.98 Å². The highest BCUT2D eigenvalue weighted by atomic mass is 16.5. The number of benzene rings is 1. The summed E-state index contributed by atoms with van der Waals surface area (Å²) in [6.45, 7) is 1.82. The van der Waals surface area contributed by atoms with Crippen molar-refractivity contribution in [2.24, 2.45) is 0 Å². The Balaban J connectivity index is 1.96. The van der Waals surface area contributed by atoms with Gasteiger partial charge in [0.15, 0.2) is 5.82 Å². The maximum Gasteiger partial charge on any atom is 0.257 e. The molecule has 90 valence electrons. The predicted molar refractivity (Wildman–Crippen MR) is 70.1 cm³/mol. The smallest absolute Gasteiger partial charge is 0.257 e. The molecule has 3 nitrogen and oxygen atoms in total. The molecular weight excluding hydrogens is 224 g/mol. The van der Waals surface area contributed by atoms with E-state index in [1.54, 1.807) is 0 Å². The lowest BCUT2D eigenvalue weighted by Gasteiger charge is -2.11. The number of hydrogen-bond donors (Lipinski definition) is 0. The van der Waals surface area contributed by atoms with Gasteiger partial charge in [-0.05, 0) is 31.0 Å². The third-order valence-electron chi connectivity index (χ3n) is 3.01. The Bertz CT molecular complexity index is 598. The SMILES string of the molecule is Cc1noc(-c2cccc(C3C=CCC=C3)c2)n1. The Morgan fingerprint density at radius 2 is 2.06 bits per heavy atom. The Morgan fingerprint density at radius 1 is 1.22 bits per heavy atom. The molecular formula is C15H14N2O. The Labute approximate surface area is 106 Å². The van der Waals surface area contributed by atoms with Gasteiger partial charge in [-0.1, -0.05) is 41.6 Å². The monoisotopic (exact) mass is 238 g/mol. The molecule has 0 saturated heterocycles. The lowest BCUT2D eigenvalue weighted by atomic mass is 9.93. The summed E-state index contributed by atoms with van der Waals surface area (Å²) in [6, 6.07) is 8.25. The highest BCUT2D eigenvalue weighted by Gasteiger charge is 2.10. The quantitative estimate of drug-likeness (QED) is 0.750. The van der Waals surface area contributed by atoms with E-state index in [1.807, 2.05) is 19.1 Å². The molecule has 1 aromatic carbocycles. The van der Waals surface area contributed by atoms with Crippen LogP contribution in [0.15, 0.2) is 53.1 Å². The van der Waals surface area contributed by atoms with E-state index < -0.39 is 0 Å². The first-order valence-corrected chi connectivity index (χ1v) is 6.07. The number of allylic oxidation sites excluding steroid dienone is 4. The molecule has 0 atom stereocenters. The molecule has 18 heavy (non-hydrogen) atoms. The normalized spacial score (nSPS) is 15.2. The largest absolute Gasteiger partial charge is 0.334 e. The first-order chi connectivity index (χ1) is 8.83. The van der Waals surface area contributed by atoms with E-state index in [9.17, 15) is 0 Å².